The van der Waals surface area contributed by atoms with Gasteiger partial charge in [-0.1, -0.05) is 42.5 Å². The Morgan fingerprint density at radius 2 is 1.76 bits per heavy atom. The molecule has 1 saturated heterocycles. The molecule has 2 nitrogen and oxygen atoms in total. The van der Waals surface area contributed by atoms with Crippen molar-refractivity contribution in [3.63, 3.8) is 0 Å². The van der Waals surface area contributed by atoms with Gasteiger partial charge in [-0.3, -0.25) is 4.79 Å². The number of carbonyl (C=O) groups excluding carboxylic acids is 1. The van der Waals surface area contributed by atoms with Crippen LogP contribution in [0.25, 0.3) is 0 Å². The third-order valence-electron chi connectivity index (χ3n) is 3.56. The molecule has 0 aromatic heterocycles. The van der Waals surface area contributed by atoms with E-state index in [1.807, 2.05) is 0 Å². The van der Waals surface area contributed by atoms with Crippen LogP contribution < -0.4 is 0 Å². The number of epoxide rings is 1. The Kier molecular flexibility index (Phi) is 3.10. The monoisotopic (exact) mass is 292 g/mol. The molecular formula is C16H11F3O2. The largest absolute Gasteiger partial charge is 0.416 e. The molecule has 0 saturated carbocycles. The predicted octanol–water partition coefficient (Wildman–Crippen LogP) is 3.87. The standard InChI is InChI=1S/C16H11F3O2/c17-16(18,19)13-8-4-5-11(9-13)14-15(10-20,21-14)12-6-2-1-3-7-12/h1-10,14H. The van der Waals surface area contributed by atoms with Crippen LogP contribution in [0.5, 0.6) is 0 Å². The number of hydrogen-bond acceptors (Lipinski definition) is 2. The lowest BCUT2D eigenvalue weighted by atomic mass is 9.92. The third-order valence-corrected chi connectivity index (χ3v) is 3.56. The van der Waals surface area contributed by atoms with Crippen LogP contribution >= 0.6 is 0 Å². The molecule has 0 spiro atoms. The van der Waals surface area contributed by atoms with Gasteiger partial charge in [0.25, 0.3) is 0 Å². The van der Waals surface area contributed by atoms with Crippen molar-refractivity contribution in [2.45, 2.75) is 17.9 Å². The van der Waals surface area contributed by atoms with Crippen LogP contribution in [-0.2, 0) is 21.3 Å². The van der Waals surface area contributed by atoms with Crippen LogP contribution in [-0.4, -0.2) is 6.29 Å². The Hall–Kier alpha value is -2.14. The molecule has 108 valence electrons. The van der Waals surface area contributed by atoms with E-state index in [0.29, 0.717) is 17.4 Å². The zero-order chi connectivity index (χ0) is 15.1. The summed E-state index contributed by atoms with van der Waals surface area (Å²) in [6.45, 7) is 0. The average molecular weight is 292 g/mol. The zero-order valence-electron chi connectivity index (χ0n) is 10.8. The highest BCUT2D eigenvalue weighted by atomic mass is 19.4. The lowest BCUT2D eigenvalue weighted by molar-refractivity contribution is -0.137. The normalized spacial score (nSPS) is 24.6. The fourth-order valence-corrected chi connectivity index (χ4v) is 2.43. The van der Waals surface area contributed by atoms with Gasteiger partial charge < -0.3 is 4.74 Å². The molecule has 1 aliphatic rings. The van der Waals surface area contributed by atoms with E-state index in [9.17, 15) is 18.0 Å². The minimum absolute atomic E-state index is 0.348. The Morgan fingerprint density at radius 3 is 2.38 bits per heavy atom. The molecule has 3 rings (SSSR count). The average Bonchev–Trinajstić information content (AvgIpc) is 3.24. The summed E-state index contributed by atoms with van der Waals surface area (Å²) in [5.74, 6) is 0. The number of aldehydes is 1. The fraction of sp³-hybridized carbons (Fsp3) is 0.188. The number of halogens is 3. The number of benzene rings is 2. The van der Waals surface area contributed by atoms with Gasteiger partial charge in [0.15, 0.2) is 11.9 Å². The number of carbonyl (C=O) groups is 1. The molecule has 2 atom stereocenters. The lowest BCUT2D eigenvalue weighted by Gasteiger charge is -2.09. The Bertz CT molecular complexity index is 667. The molecule has 0 bridgehead atoms. The maximum absolute atomic E-state index is 12.7. The van der Waals surface area contributed by atoms with E-state index < -0.39 is 23.4 Å². The highest BCUT2D eigenvalue weighted by molar-refractivity contribution is 5.72. The van der Waals surface area contributed by atoms with Crippen molar-refractivity contribution in [2.75, 3.05) is 0 Å². The predicted molar refractivity (Wildman–Crippen MR) is 69.5 cm³/mol. The van der Waals surface area contributed by atoms with Crippen molar-refractivity contribution in [1.82, 2.24) is 0 Å². The molecule has 0 radical (unpaired) electrons. The zero-order valence-corrected chi connectivity index (χ0v) is 10.8. The van der Waals surface area contributed by atoms with Gasteiger partial charge in [0.1, 0.15) is 6.10 Å². The number of rotatable bonds is 3. The molecular weight excluding hydrogens is 281 g/mol. The Morgan fingerprint density at radius 1 is 1.05 bits per heavy atom. The summed E-state index contributed by atoms with van der Waals surface area (Å²) in [7, 11) is 0. The second-order valence-corrected chi connectivity index (χ2v) is 4.90. The Balaban J connectivity index is 1.95. The van der Waals surface area contributed by atoms with E-state index in [1.165, 1.54) is 12.1 Å². The number of ether oxygens (including phenoxy) is 1. The second kappa shape index (κ2) is 4.70. The van der Waals surface area contributed by atoms with E-state index in [1.54, 1.807) is 30.3 Å². The van der Waals surface area contributed by atoms with Crippen molar-refractivity contribution in [3.8, 4) is 0 Å². The molecule has 0 amide bonds. The van der Waals surface area contributed by atoms with Crippen LogP contribution in [0.2, 0.25) is 0 Å². The molecule has 0 aliphatic carbocycles. The van der Waals surface area contributed by atoms with E-state index in [4.69, 9.17) is 4.74 Å². The van der Waals surface area contributed by atoms with Gasteiger partial charge in [-0.25, -0.2) is 0 Å². The van der Waals surface area contributed by atoms with E-state index in [-0.39, 0.29) is 0 Å². The first kappa shape index (κ1) is 13.8. The number of hydrogen-bond donors (Lipinski definition) is 0. The maximum atomic E-state index is 12.7. The van der Waals surface area contributed by atoms with Crippen LogP contribution in [0, 0.1) is 0 Å². The topological polar surface area (TPSA) is 29.6 Å². The minimum atomic E-state index is -4.42. The Labute approximate surface area is 119 Å². The van der Waals surface area contributed by atoms with Crippen molar-refractivity contribution >= 4 is 6.29 Å². The van der Waals surface area contributed by atoms with Gasteiger partial charge in [-0.05, 0) is 23.3 Å². The summed E-state index contributed by atoms with van der Waals surface area (Å²) in [5, 5.41) is 0. The van der Waals surface area contributed by atoms with E-state index >= 15 is 0 Å². The van der Waals surface area contributed by atoms with Gasteiger partial charge >= 0.3 is 6.18 Å². The first-order valence-corrected chi connectivity index (χ1v) is 6.34. The number of alkyl halides is 3. The first-order valence-electron chi connectivity index (χ1n) is 6.34. The quantitative estimate of drug-likeness (QED) is 0.635. The molecule has 1 fully saturated rings. The molecule has 0 N–H and O–H groups in total. The van der Waals surface area contributed by atoms with Gasteiger partial charge in [0, 0.05) is 0 Å². The smallest absolute Gasteiger partial charge is 0.348 e. The summed E-state index contributed by atoms with van der Waals surface area (Å²) in [5.41, 5.74) is -0.933. The summed E-state index contributed by atoms with van der Waals surface area (Å²) in [4.78, 5) is 11.4. The van der Waals surface area contributed by atoms with Gasteiger partial charge in [0.05, 0.1) is 5.56 Å². The van der Waals surface area contributed by atoms with Crippen molar-refractivity contribution in [3.05, 3.63) is 71.3 Å². The first-order chi connectivity index (χ1) is 9.97. The summed E-state index contributed by atoms with van der Waals surface area (Å²) < 4.78 is 43.7. The van der Waals surface area contributed by atoms with Crippen molar-refractivity contribution in [1.29, 1.82) is 0 Å². The highest BCUT2D eigenvalue weighted by Crippen LogP contribution is 2.55. The van der Waals surface area contributed by atoms with E-state index in [0.717, 1.165) is 12.1 Å². The second-order valence-electron chi connectivity index (χ2n) is 4.90. The molecule has 1 heterocycles. The lowest BCUT2D eigenvalue weighted by Crippen LogP contribution is -2.12. The molecule has 2 unspecified atom stereocenters. The summed E-state index contributed by atoms with van der Waals surface area (Å²) >= 11 is 0. The maximum Gasteiger partial charge on any atom is 0.416 e. The fourth-order valence-electron chi connectivity index (χ4n) is 2.43. The molecule has 2 aromatic rings. The highest BCUT2D eigenvalue weighted by Gasteiger charge is 2.59. The van der Waals surface area contributed by atoms with Gasteiger partial charge in [0.2, 0.25) is 0 Å². The van der Waals surface area contributed by atoms with Crippen LogP contribution in [0.3, 0.4) is 0 Å². The van der Waals surface area contributed by atoms with Crippen molar-refractivity contribution in [2.24, 2.45) is 0 Å². The van der Waals surface area contributed by atoms with E-state index in [2.05, 4.69) is 0 Å². The van der Waals surface area contributed by atoms with Gasteiger partial charge in [-0.15, -0.1) is 0 Å². The molecule has 21 heavy (non-hydrogen) atoms. The van der Waals surface area contributed by atoms with Gasteiger partial charge in [-0.2, -0.15) is 13.2 Å². The molecule has 1 aliphatic heterocycles. The minimum Gasteiger partial charge on any atom is -0.348 e. The molecule has 5 heteroatoms. The SMILES string of the molecule is O=CC1(c2ccccc2)OC1c1cccc(C(F)(F)F)c1. The summed E-state index contributed by atoms with van der Waals surface area (Å²) in [6, 6.07) is 13.6. The third kappa shape index (κ3) is 2.34. The summed E-state index contributed by atoms with van der Waals surface area (Å²) in [6.07, 6.45) is -4.45. The van der Waals surface area contributed by atoms with Crippen LogP contribution in [0.4, 0.5) is 13.2 Å². The van der Waals surface area contributed by atoms with Crippen LogP contribution in [0.15, 0.2) is 54.6 Å². The molecule has 2 aromatic carbocycles. The van der Waals surface area contributed by atoms with Crippen molar-refractivity contribution < 1.29 is 22.7 Å². The van der Waals surface area contributed by atoms with Crippen LogP contribution in [0.1, 0.15) is 22.8 Å².